The number of nitrogens with zero attached hydrogens (tertiary/aromatic N) is 1. The van der Waals surface area contributed by atoms with Crippen molar-refractivity contribution in [1.29, 1.82) is 0 Å². The lowest BCUT2D eigenvalue weighted by molar-refractivity contribution is -0.384. The van der Waals surface area contributed by atoms with Gasteiger partial charge in [0.25, 0.3) is 5.69 Å². The number of nitro groups is 1. The lowest BCUT2D eigenvalue weighted by Gasteiger charge is -2.19. The number of hydrogen-bond donors (Lipinski definition) is 2. The van der Waals surface area contributed by atoms with E-state index in [2.05, 4.69) is 0 Å². The molecule has 2 aromatic rings. The maximum absolute atomic E-state index is 11.7. The Labute approximate surface area is 148 Å². The first-order valence-electron chi connectivity index (χ1n) is 7.43. The number of nitro benzene ring substituents is 1. The summed E-state index contributed by atoms with van der Waals surface area (Å²) in [5, 5.41) is 19.6. The third kappa shape index (κ3) is 5.02. The van der Waals surface area contributed by atoms with Crippen LogP contribution in [0.3, 0.4) is 0 Å². The molecule has 0 aliphatic rings. The van der Waals surface area contributed by atoms with E-state index in [0.29, 0.717) is 5.56 Å². The van der Waals surface area contributed by atoms with Crippen LogP contribution in [0.4, 0.5) is 10.5 Å². The minimum Gasteiger partial charge on any atom is -0.480 e. The van der Waals surface area contributed by atoms with E-state index in [0.717, 1.165) is 0 Å². The zero-order chi connectivity index (χ0) is 19.3. The fourth-order valence-electron chi connectivity index (χ4n) is 2.02. The third-order valence-electron chi connectivity index (χ3n) is 3.43. The molecule has 0 amide bonds. The average molecular weight is 360 g/mol. The number of carboxylic acid groups (broad SMARTS) is 1. The molecule has 0 aliphatic carbocycles. The Morgan fingerprint density at radius 2 is 1.54 bits per heavy atom. The van der Waals surface area contributed by atoms with Crippen LogP contribution in [0.15, 0.2) is 48.5 Å². The zero-order valence-electron chi connectivity index (χ0n) is 13.7. The molecule has 1 atom stereocenters. The summed E-state index contributed by atoms with van der Waals surface area (Å²) in [6.07, 6.45) is -0.906. The van der Waals surface area contributed by atoms with Crippen molar-refractivity contribution in [2.24, 2.45) is 5.73 Å². The van der Waals surface area contributed by atoms with E-state index >= 15 is 0 Å². The molecule has 0 unspecified atom stereocenters. The highest BCUT2D eigenvalue weighted by atomic mass is 16.7. The van der Waals surface area contributed by atoms with Crippen LogP contribution in [0.25, 0.3) is 0 Å². The first-order chi connectivity index (χ1) is 12.2. The first kappa shape index (κ1) is 18.9. The van der Waals surface area contributed by atoms with Crippen molar-refractivity contribution in [2.75, 3.05) is 0 Å². The van der Waals surface area contributed by atoms with Gasteiger partial charge in [-0.1, -0.05) is 12.1 Å². The number of carboxylic acids is 1. The summed E-state index contributed by atoms with van der Waals surface area (Å²) in [7, 11) is 0. The van der Waals surface area contributed by atoms with Gasteiger partial charge in [-0.05, 0) is 36.8 Å². The van der Waals surface area contributed by atoms with Crippen LogP contribution in [-0.4, -0.2) is 27.7 Å². The molecule has 0 radical (unpaired) electrons. The van der Waals surface area contributed by atoms with E-state index in [1.807, 2.05) is 0 Å². The number of hydrogen-bond acceptors (Lipinski definition) is 7. The third-order valence-corrected chi connectivity index (χ3v) is 3.43. The zero-order valence-corrected chi connectivity index (χ0v) is 13.7. The number of non-ortho nitro benzene ring substituents is 1. The number of benzene rings is 2. The Morgan fingerprint density at radius 1 is 1.08 bits per heavy atom. The number of carbonyl (C=O) groups is 2. The maximum Gasteiger partial charge on any atom is 0.519 e. The number of ether oxygens (including phenoxy) is 2. The van der Waals surface area contributed by atoms with Crippen LogP contribution in [0.5, 0.6) is 11.5 Å². The minimum absolute atomic E-state index is 0.0950. The lowest BCUT2D eigenvalue weighted by atomic mass is 9.94. The van der Waals surface area contributed by atoms with Gasteiger partial charge in [0.2, 0.25) is 0 Å². The molecule has 0 spiro atoms. The normalized spacial score (nSPS) is 12.7. The second-order valence-corrected chi connectivity index (χ2v) is 5.75. The Balaban J connectivity index is 1.95. The highest BCUT2D eigenvalue weighted by Crippen LogP contribution is 2.20. The topological polar surface area (TPSA) is 142 Å². The second kappa shape index (κ2) is 7.62. The van der Waals surface area contributed by atoms with Gasteiger partial charge in [-0.3, -0.25) is 14.9 Å². The van der Waals surface area contributed by atoms with E-state index in [4.69, 9.17) is 20.3 Å². The van der Waals surface area contributed by atoms with Crippen molar-refractivity contribution in [3.8, 4) is 11.5 Å². The molecular weight excluding hydrogens is 344 g/mol. The van der Waals surface area contributed by atoms with Crippen molar-refractivity contribution in [3.05, 3.63) is 64.2 Å². The summed E-state index contributed by atoms with van der Waals surface area (Å²) < 4.78 is 9.90. The average Bonchev–Trinajstić information content (AvgIpc) is 2.56. The molecule has 3 N–H and O–H groups in total. The van der Waals surface area contributed by atoms with E-state index in [1.165, 1.54) is 43.3 Å². The van der Waals surface area contributed by atoms with Gasteiger partial charge in [0.1, 0.15) is 17.0 Å². The van der Waals surface area contributed by atoms with Crippen molar-refractivity contribution < 1.29 is 29.1 Å². The second-order valence-electron chi connectivity index (χ2n) is 5.75. The van der Waals surface area contributed by atoms with Crippen LogP contribution in [-0.2, 0) is 11.2 Å². The predicted molar refractivity (Wildman–Crippen MR) is 90.1 cm³/mol. The van der Waals surface area contributed by atoms with E-state index in [1.54, 1.807) is 12.1 Å². The van der Waals surface area contributed by atoms with Gasteiger partial charge < -0.3 is 20.3 Å². The molecule has 26 heavy (non-hydrogen) atoms. The number of carbonyl (C=O) groups excluding carboxylic acids is 1. The Kier molecular flexibility index (Phi) is 5.53. The molecule has 0 saturated heterocycles. The fraction of sp³-hybridized carbons (Fsp3) is 0.176. The predicted octanol–water partition coefficient (Wildman–Crippen LogP) is 2.52. The van der Waals surface area contributed by atoms with Crippen molar-refractivity contribution in [2.45, 2.75) is 18.9 Å². The summed E-state index contributed by atoms with van der Waals surface area (Å²) in [6.45, 7) is 1.40. The molecule has 0 fully saturated rings. The van der Waals surface area contributed by atoms with E-state index in [-0.39, 0.29) is 23.6 Å². The van der Waals surface area contributed by atoms with E-state index < -0.39 is 22.6 Å². The monoisotopic (exact) mass is 360 g/mol. The molecule has 0 bridgehead atoms. The van der Waals surface area contributed by atoms with Gasteiger partial charge in [0, 0.05) is 18.6 Å². The molecular formula is C17H16N2O7. The molecule has 2 aromatic carbocycles. The molecule has 0 aliphatic heterocycles. The smallest absolute Gasteiger partial charge is 0.480 e. The standard InChI is InChI=1S/C17H16N2O7/c1-17(18,15(20)21)10-11-2-6-13(7-3-11)25-16(22)26-14-8-4-12(5-9-14)19(23)24/h2-9H,10,18H2,1H3,(H,20,21)/t17-/m0/s1. The number of rotatable bonds is 6. The van der Waals surface area contributed by atoms with Crippen molar-refractivity contribution in [3.63, 3.8) is 0 Å². The van der Waals surface area contributed by atoms with Gasteiger partial charge in [-0.2, -0.15) is 0 Å². The summed E-state index contributed by atoms with van der Waals surface area (Å²) in [6, 6.07) is 11.1. The van der Waals surface area contributed by atoms with Crippen LogP contribution in [0.1, 0.15) is 12.5 Å². The quantitative estimate of drug-likeness (QED) is 0.346. The van der Waals surface area contributed by atoms with Gasteiger partial charge >= 0.3 is 12.1 Å². The SMILES string of the molecule is C[C@](N)(Cc1ccc(OC(=O)Oc2ccc([N+](=O)[O-])cc2)cc1)C(=O)O. The number of nitrogens with two attached hydrogens (primary N) is 1. The van der Waals surface area contributed by atoms with Crippen LogP contribution >= 0.6 is 0 Å². The van der Waals surface area contributed by atoms with Gasteiger partial charge in [-0.15, -0.1) is 0 Å². The molecule has 0 aromatic heterocycles. The molecule has 9 heteroatoms. The van der Waals surface area contributed by atoms with Crippen LogP contribution in [0, 0.1) is 10.1 Å². The van der Waals surface area contributed by atoms with Crippen LogP contribution < -0.4 is 15.2 Å². The number of aliphatic carboxylic acids is 1. The Hall–Kier alpha value is -3.46. The highest BCUT2D eigenvalue weighted by molar-refractivity contribution is 5.78. The first-order valence-corrected chi connectivity index (χ1v) is 7.43. The maximum atomic E-state index is 11.7. The summed E-state index contributed by atoms with van der Waals surface area (Å²) >= 11 is 0. The van der Waals surface area contributed by atoms with Crippen molar-refractivity contribution >= 4 is 17.8 Å². The molecule has 9 nitrogen and oxygen atoms in total. The molecule has 2 rings (SSSR count). The largest absolute Gasteiger partial charge is 0.519 e. The van der Waals surface area contributed by atoms with Gasteiger partial charge in [0.15, 0.2) is 0 Å². The van der Waals surface area contributed by atoms with Gasteiger partial charge in [0.05, 0.1) is 4.92 Å². The van der Waals surface area contributed by atoms with Crippen LogP contribution in [0.2, 0.25) is 0 Å². The minimum atomic E-state index is -1.41. The molecule has 136 valence electrons. The van der Waals surface area contributed by atoms with Gasteiger partial charge in [-0.25, -0.2) is 4.79 Å². The summed E-state index contributed by atoms with van der Waals surface area (Å²) in [5.41, 5.74) is 4.80. The fourth-order valence-corrected chi connectivity index (χ4v) is 2.02. The lowest BCUT2D eigenvalue weighted by Crippen LogP contribution is -2.46. The Bertz CT molecular complexity index is 814. The molecule has 0 saturated carbocycles. The molecule has 0 heterocycles. The highest BCUT2D eigenvalue weighted by Gasteiger charge is 2.28. The summed E-state index contributed by atoms with van der Waals surface area (Å²) in [5.74, 6) is -0.836. The Morgan fingerprint density at radius 3 is 1.96 bits per heavy atom. The van der Waals surface area contributed by atoms with E-state index in [9.17, 15) is 19.7 Å². The summed E-state index contributed by atoms with van der Waals surface area (Å²) in [4.78, 5) is 32.7. The van der Waals surface area contributed by atoms with Crippen molar-refractivity contribution in [1.82, 2.24) is 0 Å².